The first-order chi connectivity index (χ1) is 3.55. The Hall–Kier alpha value is 2.39. The Kier molecular flexibility index (Phi) is 26.3. The molecule has 0 bridgehead atoms. The molecule has 0 spiro atoms. The smallest absolute Gasteiger partial charge is 1.00 e. The number of nitrogens with two attached hydrogens (primary N) is 1. The second-order valence-electron chi connectivity index (χ2n) is 1.60. The summed E-state index contributed by atoms with van der Waals surface area (Å²) in [6.07, 6.45) is -0.979. The van der Waals surface area contributed by atoms with Gasteiger partial charge in [0.15, 0.2) is 0 Å². The van der Waals surface area contributed by atoms with Crippen LogP contribution in [0.1, 0.15) is 11.2 Å². The summed E-state index contributed by atoms with van der Waals surface area (Å²) >= 11 is 0. The molecule has 0 radical (unpaired) electrons. The summed E-state index contributed by atoms with van der Waals surface area (Å²) in [4.78, 5) is 9.86. The normalized spacial score (nSPS) is 12.6. The number of aliphatic hydroxyl groups excluding tert-OH is 1. The van der Waals surface area contributed by atoms with E-state index in [2.05, 4.69) is 0 Å². The number of carboxylic acids is 1. The number of carbonyl (C=O) groups is 1. The number of carboxylic acid groups (broad SMARTS) is 1. The van der Waals surface area contributed by atoms with Gasteiger partial charge in [-0.05, 0) is 6.92 Å². The molecule has 0 heterocycles. The van der Waals surface area contributed by atoms with Crippen molar-refractivity contribution in [2.75, 3.05) is 0 Å². The predicted octanol–water partition coefficient (Wildman–Crippen LogP) is -9.87. The van der Waals surface area contributed by atoms with Crippen LogP contribution in [0.2, 0.25) is 0 Å². The van der Waals surface area contributed by atoms with Crippen molar-refractivity contribution in [3.8, 4) is 0 Å². The molecule has 0 aromatic rings. The zero-order chi connectivity index (χ0) is 6.73. The molecule has 0 aliphatic rings. The summed E-state index contributed by atoms with van der Waals surface area (Å²) in [5, 5.41) is 16.6. The topological polar surface area (TPSA) is 83.5 Å². The fourth-order valence-electron chi connectivity index (χ4n) is 0.206. The third-order valence-electron chi connectivity index (χ3n) is 0.805. The van der Waals surface area contributed by atoms with Crippen LogP contribution in [-0.4, -0.2) is 28.3 Å². The third kappa shape index (κ3) is 12.4. The van der Waals surface area contributed by atoms with Crippen molar-refractivity contribution in [3.63, 3.8) is 0 Å². The summed E-state index contributed by atoms with van der Waals surface area (Å²) < 4.78 is 0. The molecule has 7 heteroatoms. The molecule has 0 saturated heterocycles. The molecule has 0 rings (SSSR count). The van der Waals surface area contributed by atoms with Gasteiger partial charge in [-0.2, -0.15) is 0 Å². The maximum Gasteiger partial charge on any atom is 1.00 e. The Morgan fingerprint density at radius 2 is 1.73 bits per heavy atom. The fourth-order valence-corrected chi connectivity index (χ4v) is 0.206. The van der Waals surface area contributed by atoms with Crippen LogP contribution in [0, 0.1) is 0 Å². The molecule has 4 nitrogen and oxygen atoms in total. The molecule has 2 unspecified atom stereocenters. The van der Waals surface area contributed by atoms with Crippen LogP contribution in [0.4, 0.5) is 0 Å². The average molecular weight is 191 g/mol. The van der Waals surface area contributed by atoms with Crippen molar-refractivity contribution in [2.45, 2.75) is 19.1 Å². The largest absolute Gasteiger partial charge is 1.00 e. The molecule has 0 aliphatic carbocycles. The summed E-state index contributed by atoms with van der Waals surface area (Å²) in [6, 6.07) is -1.16. The van der Waals surface area contributed by atoms with E-state index in [1.807, 2.05) is 0 Å². The van der Waals surface area contributed by atoms with E-state index in [0.717, 1.165) is 0 Å². The van der Waals surface area contributed by atoms with Crippen molar-refractivity contribution in [2.24, 2.45) is 5.73 Å². The van der Waals surface area contributed by atoms with Gasteiger partial charge in [0.25, 0.3) is 0 Å². The minimum atomic E-state index is -1.18. The van der Waals surface area contributed by atoms with Crippen molar-refractivity contribution >= 4 is 5.97 Å². The van der Waals surface area contributed by atoms with Crippen molar-refractivity contribution in [3.05, 3.63) is 0 Å². The van der Waals surface area contributed by atoms with Gasteiger partial charge in [-0.25, -0.2) is 0 Å². The van der Waals surface area contributed by atoms with Gasteiger partial charge in [0.1, 0.15) is 6.04 Å². The second kappa shape index (κ2) is 12.4. The molecule has 0 fully saturated rings. The van der Waals surface area contributed by atoms with Gasteiger partial charge < -0.3 is 20.2 Å². The maximum absolute atomic E-state index is 9.86. The molecule has 0 aliphatic heterocycles. The van der Waals surface area contributed by atoms with E-state index in [0.29, 0.717) is 0 Å². The predicted molar refractivity (Wildman–Crippen MR) is 30.6 cm³/mol. The molecule has 0 aromatic carbocycles. The van der Waals surface area contributed by atoms with Crippen LogP contribution in [0.15, 0.2) is 0 Å². The third-order valence-corrected chi connectivity index (χ3v) is 0.805. The summed E-state index contributed by atoms with van der Waals surface area (Å²) in [5.74, 6) is -1.18. The number of hydrogen-bond acceptors (Lipinski definition) is 3. The molecule has 54 valence electrons. The SMILES string of the molecule is CC(O)C(N)C(=O)O.[H-].[H-].[H-].[Na+].[Na+].[Na+]. The Morgan fingerprint density at radius 3 is 1.73 bits per heavy atom. The van der Waals surface area contributed by atoms with E-state index in [4.69, 9.17) is 15.9 Å². The van der Waals surface area contributed by atoms with Gasteiger partial charge in [-0.15, -0.1) is 0 Å². The minimum Gasteiger partial charge on any atom is -1.00 e. The van der Waals surface area contributed by atoms with Gasteiger partial charge in [0, 0.05) is 0 Å². The van der Waals surface area contributed by atoms with E-state index < -0.39 is 18.1 Å². The molecule has 11 heavy (non-hydrogen) atoms. The maximum atomic E-state index is 9.86. The first kappa shape index (κ1) is 23.3. The van der Waals surface area contributed by atoms with E-state index in [1.165, 1.54) is 6.92 Å². The quantitative estimate of drug-likeness (QED) is 0.378. The average Bonchev–Trinajstić information content (AvgIpc) is 1.64. The van der Waals surface area contributed by atoms with Crippen molar-refractivity contribution in [1.82, 2.24) is 0 Å². The van der Waals surface area contributed by atoms with Crippen LogP contribution in [0.3, 0.4) is 0 Å². The first-order valence-electron chi connectivity index (χ1n) is 2.22. The van der Waals surface area contributed by atoms with Crippen LogP contribution >= 0.6 is 0 Å². The molecule has 4 N–H and O–H groups in total. The van der Waals surface area contributed by atoms with Crippen molar-refractivity contribution < 1.29 is 108 Å². The fraction of sp³-hybridized carbons (Fsp3) is 0.750. The van der Waals surface area contributed by atoms with Crippen LogP contribution < -0.4 is 94.4 Å². The first-order valence-corrected chi connectivity index (χ1v) is 2.22. The molecule has 0 saturated carbocycles. The number of rotatable bonds is 2. The van der Waals surface area contributed by atoms with Crippen molar-refractivity contribution in [1.29, 1.82) is 0 Å². The van der Waals surface area contributed by atoms with Gasteiger partial charge in [0.2, 0.25) is 0 Å². The zero-order valence-electron chi connectivity index (χ0n) is 10.5. The molecule has 0 amide bonds. The van der Waals surface area contributed by atoms with Gasteiger partial charge in [0.05, 0.1) is 6.10 Å². The molecule has 2 atom stereocenters. The monoisotopic (exact) mass is 191 g/mol. The summed E-state index contributed by atoms with van der Waals surface area (Å²) in [6.45, 7) is 1.33. The molecular weight excluding hydrogens is 179 g/mol. The van der Waals surface area contributed by atoms with Gasteiger partial charge >= 0.3 is 94.6 Å². The Morgan fingerprint density at radius 1 is 1.45 bits per heavy atom. The summed E-state index contributed by atoms with van der Waals surface area (Å²) in [5.41, 5.74) is 4.91. The van der Waals surface area contributed by atoms with E-state index >= 15 is 0 Å². The Labute approximate surface area is 137 Å². The standard InChI is InChI=1S/C4H9NO3.3Na.3H/c1-2(6)3(5)4(7)8;;;;;;/h2-3,6H,5H2,1H3,(H,7,8);;;;;;/q;3*+1;3*-1. The summed E-state index contributed by atoms with van der Waals surface area (Å²) in [7, 11) is 0. The Bertz CT molecular complexity index is 111. The zero-order valence-corrected chi connectivity index (χ0v) is 13.5. The number of aliphatic hydroxyl groups is 1. The minimum absolute atomic E-state index is 0. The number of hydrogen-bond donors (Lipinski definition) is 3. The van der Waals surface area contributed by atoms with Crippen LogP contribution in [0.25, 0.3) is 0 Å². The van der Waals surface area contributed by atoms with Crippen LogP contribution in [-0.2, 0) is 4.79 Å². The Balaban J connectivity index is -0.0000000163. The van der Waals surface area contributed by atoms with Crippen LogP contribution in [0.5, 0.6) is 0 Å². The molecule has 0 aromatic heterocycles. The molecular formula is C4H12NNa3O3. The second-order valence-corrected chi connectivity index (χ2v) is 1.60. The van der Waals surface area contributed by atoms with E-state index in [-0.39, 0.29) is 93.0 Å². The van der Waals surface area contributed by atoms with Gasteiger partial charge in [-0.1, -0.05) is 0 Å². The van der Waals surface area contributed by atoms with E-state index in [9.17, 15) is 4.79 Å². The van der Waals surface area contributed by atoms with Gasteiger partial charge in [-0.3, -0.25) is 4.79 Å². The number of aliphatic carboxylic acids is 1. The van der Waals surface area contributed by atoms with E-state index in [1.54, 1.807) is 0 Å².